The van der Waals surface area contributed by atoms with Gasteiger partial charge >= 0.3 is 0 Å². The number of halogens is 2. The molecule has 0 spiro atoms. The summed E-state index contributed by atoms with van der Waals surface area (Å²) in [5, 5.41) is 2.85. The maximum atomic E-state index is 14.0. The predicted octanol–water partition coefficient (Wildman–Crippen LogP) is 3.60. The second-order valence-electron chi connectivity index (χ2n) is 6.72. The van der Waals surface area contributed by atoms with E-state index in [2.05, 4.69) is 10.3 Å². The summed E-state index contributed by atoms with van der Waals surface area (Å²) in [5.74, 6) is -0.119. The molecule has 1 aliphatic heterocycles. The smallest absolute Gasteiger partial charge is 0.242 e. The fourth-order valence-corrected chi connectivity index (χ4v) is 3.41. The summed E-state index contributed by atoms with van der Waals surface area (Å²) in [5.41, 5.74) is 1.64. The van der Waals surface area contributed by atoms with Gasteiger partial charge in [0.05, 0.1) is 11.3 Å². The molecule has 1 atom stereocenters. The fraction of sp³-hybridized carbons (Fsp3) is 0.238. The molecule has 0 radical (unpaired) electrons. The van der Waals surface area contributed by atoms with Crippen molar-refractivity contribution in [2.45, 2.75) is 19.5 Å². The molecular weight excluding hydrogens is 364 g/mol. The standard InChI is InChI=1S/C21H19F2N3O2/c1-13-18(25-21(28-13)16-4-2-3-5-17(16)23)12-26-11-10-24-20(27)19(26)14-6-8-15(22)9-7-14/h2-9,19H,10-12H2,1H3,(H,24,27). The van der Waals surface area contributed by atoms with Crippen molar-refractivity contribution < 1.29 is 18.0 Å². The molecule has 144 valence electrons. The van der Waals surface area contributed by atoms with E-state index in [1.807, 2.05) is 4.90 Å². The molecule has 1 unspecified atom stereocenters. The van der Waals surface area contributed by atoms with Gasteiger partial charge in [-0.05, 0) is 36.8 Å². The van der Waals surface area contributed by atoms with E-state index in [1.165, 1.54) is 18.2 Å². The van der Waals surface area contributed by atoms with Crippen LogP contribution in [0.15, 0.2) is 52.9 Å². The number of hydrogen-bond donors (Lipinski definition) is 1. The molecule has 2 aromatic carbocycles. The van der Waals surface area contributed by atoms with Gasteiger partial charge in [0.25, 0.3) is 0 Å². The summed E-state index contributed by atoms with van der Waals surface area (Å²) in [7, 11) is 0. The van der Waals surface area contributed by atoms with E-state index in [-0.39, 0.29) is 17.6 Å². The van der Waals surface area contributed by atoms with Gasteiger partial charge in [-0.3, -0.25) is 9.69 Å². The lowest BCUT2D eigenvalue weighted by Gasteiger charge is -2.34. The van der Waals surface area contributed by atoms with Crippen LogP contribution in [-0.4, -0.2) is 28.9 Å². The summed E-state index contributed by atoms with van der Waals surface area (Å²) in [6.07, 6.45) is 0. The van der Waals surface area contributed by atoms with Crippen LogP contribution in [0.1, 0.15) is 23.1 Å². The lowest BCUT2D eigenvalue weighted by Crippen LogP contribution is -2.49. The van der Waals surface area contributed by atoms with Crippen molar-refractivity contribution in [1.29, 1.82) is 0 Å². The highest BCUT2D eigenvalue weighted by Crippen LogP contribution is 2.29. The van der Waals surface area contributed by atoms with E-state index < -0.39 is 11.9 Å². The molecule has 1 N–H and O–H groups in total. The number of benzene rings is 2. The van der Waals surface area contributed by atoms with Crippen molar-refractivity contribution in [1.82, 2.24) is 15.2 Å². The Morgan fingerprint density at radius 2 is 1.93 bits per heavy atom. The van der Waals surface area contributed by atoms with Crippen LogP contribution in [0.5, 0.6) is 0 Å². The minimum absolute atomic E-state index is 0.145. The van der Waals surface area contributed by atoms with Crippen molar-refractivity contribution >= 4 is 5.91 Å². The van der Waals surface area contributed by atoms with Crippen molar-refractivity contribution in [3.63, 3.8) is 0 Å². The first kappa shape index (κ1) is 18.3. The number of nitrogens with zero attached hydrogens (tertiary/aromatic N) is 2. The molecule has 5 nitrogen and oxygen atoms in total. The van der Waals surface area contributed by atoms with Crippen molar-refractivity contribution in [3.8, 4) is 11.5 Å². The maximum Gasteiger partial charge on any atom is 0.242 e. The topological polar surface area (TPSA) is 58.4 Å². The van der Waals surface area contributed by atoms with Crippen LogP contribution in [0, 0.1) is 18.6 Å². The summed E-state index contributed by atoms with van der Waals surface area (Å²) >= 11 is 0. The lowest BCUT2D eigenvalue weighted by molar-refractivity contribution is -0.129. The molecule has 1 aliphatic rings. The van der Waals surface area contributed by atoms with E-state index in [1.54, 1.807) is 37.3 Å². The Hall–Kier alpha value is -3.06. The Labute approximate surface area is 161 Å². The second-order valence-corrected chi connectivity index (χ2v) is 6.72. The quantitative estimate of drug-likeness (QED) is 0.748. The number of rotatable bonds is 4. The summed E-state index contributed by atoms with van der Waals surface area (Å²) in [6, 6.07) is 11.6. The highest BCUT2D eigenvalue weighted by Gasteiger charge is 2.32. The number of oxazole rings is 1. The minimum atomic E-state index is -0.553. The third kappa shape index (κ3) is 3.53. The Kier molecular flexibility index (Phi) is 4.92. The minimum Gasteiger partial charge on any atom is -0.441 e. The summed E-state index contributed by atoms with van der Waals surface area (Å²) in [4.78, 5) is 18.9. The maximum absolute atomic E-state index is 14.0. The van der Waals surface area contributed by atoms with Gasteiger partial charge in [-0.25, -0.2) is 13.8 Å². The Bertz CT molecular complexity index is 1000. The van der Waals surface area contributed by atoms with Crippen molar-refractivity contribution in [2.24, 2.45) is 0 Å². The number of hydrogen-bond acceptors (Lipinski definition) is 4. The number of carbonyl (C=O) groups excluding carboxylic acids is 1. The van der Waals surface area contributed by atoms with E-state index >= 15 is 0 Å². The molecule has 1 aromatic heterocycles. The molecule has 7 heteroatoms. The van der Waals surface area contributed by atoms with Crippen LogP contribution in [0.2, 0.25) is 0 Å². The van der Waals surface area contributed by atoms with Crippen LogP contribution in [-0.2, 0) is 11.3 Å². The van der Waals surface area contributed by atoms with Crippen LogP contribution in [0.3, 0.4) is 0 Å². The average molecular weight is 383 g/mol. The van der Waals surface area contributed by atoms with Crippen molar-refractivity contribution in [3.05, 3.63) is 77.2 Å². The van der Waals surface area contributed by atoms with Gasteiger partial charge in [-0.15, -0.1) is 0 Å². The Morgan fingerprint density at radius 3 is 2.68 bits per heavy atom. The molecule has 3 aromatic rings. The van der Waals surface area contributed by atoms with Gasteiger partial charge in [0, 0.05) is 19.6 Å². The molecule has 2 heterocycles. The zero-order valence-corrected chi connectivity index (χ0v) is 15.3. The largest absolute Gasteiger partial charge is 0.441 e. The van der Waals surface area contributed by atoms with Crippen LogP contribution in [0.25, 0.3) is 11.5 Å². The Morgan fingerprint density at radius 1 is 1.18 bits per heavy atom. The first-order chi connectivity index (χ1) is 13.5. The number of piperazine rings is 1. The number of nitrogens with one attached hydrogen (secondary N) is 1. The SMILES string of the molecule is Cc1oc(-c2ccccc2F)nc1CN1CCNC(=O)C1c1ccc(F)cc1. The van der Waals surface area contributed by atoms with Gasteiger partial charge in [-0.1, -0.05) is 24.3 Å². The molecule has 0 aliphatic carbocycles. The molecule has 1 fully saturated rings. The Balaban J connectivity index is 1.63. The highest BCUT2D eigenvalue weighted by atomic mass is 19.1. The lowest BCUT2D eigenvalue weighted by atomic mass is 10.0. The molecule has 1 amide bonds. The van der Waals surface area contributed by atoms with E-state index in [0.29, 0.717) is 42.2 Å². The fourth-order valence-electron chi connectivity index (χ4n) is 3.41. The van der Waals surface area contributed by atoms with E-state index in [9.17, 15) is 13.6 Å². The average Bonchev–Trinajstić information content (AvgIpc) is 3.04. The molecule has 0 bridgehead atoms. The molecule has 0 saturated carbocycles. The van der Waals surface area contributed by atoms with Crippen LogP contribution < -0.4 is 5.32 Å². The van der Waals surface area contributed by atoms with Gasteiger partial charge in [-0.2, -0.15) is 0 Å². The van der Waals surface area contributed by atoms with E-state index in [4.69, 9.17) is 4.42 Å². The highest BCUT2D eigenvalue weighted by molar-refractivity contribution is 5.83. The zero-order valence-electron chi connectivity index (χ0n) is 15.3. The van der Waals surface area contributed by atoms with Gasteiger partial charge in [0.2, 0.25) is 11.8 Å². The first-order valence-corrected chi connectivity index (χ1v) is 9.01. The summed E-state index contributed by atoms with van der Waals surface area (Å²) in [6.45, 7) is 3.24. The number of aromatic nitrogens is 1. The van der Waals surface area contributed by atoms with Gasteiger partial charge < -0.3 is 9.73 Å². The van der Waals surface area contributed by atoms with Gasteiger partial charge in [0.15, 0.2) is 0 Å². The van der Waals surface area contributed by atoms with Crippen LogP contribution in [0.4, 0.5) is 8.78 Å². The zero-order chi connectivity index (χ0) is 19.7. The number of amides is 1. The molecule has 1 saturated heterocycles. The molecule has 4 rings (SSSR count). The van der Waals surface area contributed by atoms with Crippen LogP contribution >= 0.6 is 0 Å². The second kappa shape index (κ2) is 7.52. The number of aryl methyl sites for hydroxylation is 1. The molecular formula is C21H19F2N3O2. The summed E-state index contributed by atoms with van der Waals surface area (Å²) < 4.78 is 33.0. The molecule has 28 heavy (non-hydrogen) atoms. The van der Waals surface area contributed by atoms with Crippen molar-refractivity contribution in [2.75, 3.05) is 13.1 Å². The predicted molar refractivity (Wildman–Crippen MR) is 99.2 cm³/mol. The third-order valence-electron chi connectivity index (χ3n) is 4.85. The number of carbonyl (C=O) groups is 1. The first-order valence-electron chi connectivity index (χ1n) is 9.01. The third-order valence-corrected chi connectivity index (χ3v) is 4.85. The van der Waals surface area contributed by atoms with Gasteiger partial charge in [0.1, 0.15) is 23.4 Å². The normalized spacial score (nSPS) is 17.5. The van der Waals surface area contributed by atoms with E-state index in [0.717, 1.165) is 0 Å². The monoisotopic (exact) mass is 383 g/mol.